The molecule has 3 heteroatoms. The topological polar surface area (TPSA) is 32.3 Å². The second-order valence-corrected chi connectivity index (χ2v) is 5.39. The molecule has 1 atom stereocenters. The Hall–Kier alpha value is -2.13. The third-order valence-corrected chi connectivity index (χ3v) is 3.56. The molecule has 0 spiro atoms. The molecular weight excluding hydrogens is 260 g/mol. The summed E-state index contributed by atoms with van der Waals surface area (Å²) in [5.74, 6) is 0.139. The number of carbonyl (C=O) groups is 1. The Labute approximate surface area is 126 Å². The lowest BCUT2D eigenvalue weighted by molar-refractivity contribution is 0.0961. The van der Waals surface area contributed by atoms with Crippen LogP contribution in [-0.4, -0.2) is 38.5 Å². The number of likely N-dealkylation sites (N-methyl/N-ethyl adjacent to an activating group) is 1. The Balaban J connectivity index is 2.49. The van der Waals surface area contributed by atoms with Gasteiger partial charge in [-0.1, -0.05) is 48.5 Å². The van der Waals surface area contributed by atoms with E-state index in [4.69, 9.17) is 0 Å². The number of nitrogens with zero attached hydrogens (tertiary/aromatic N) is 1. The van der Waals surface area contributed by atoms with E-state index in [0.29, 0.717) is 0 Å². The van der Waals surface area contributed by atoms with Gasteiger partial charge in [0, 0.05) is 25.1 Å². The van der Waals surface area contributed by atoms with E-state index in [0.717, 1.165) is 17.7 Å². The zero-order chi connectivity index (χ0) is 15.2. The first kappa shape index (κ1) is 15.3. The fourth-order valence-corrected chi connectivity index (χ4v) is 2.58. The second-order valence-electron chi connectivity index (χ2n) is 5.39. The van der Waals surface area contributed by atoms with Crippen LogP contribution in [0.4, 0.5) is 0 Å². The second kappa shape index (κ2) is 7.04. The molecule has 1 amide bonds. The minimum atomic E-state index is -0.0368. The van der Waals surface area contributed by atoms with Crippen LogP contribution in [0.3, 0.4) is 0 Å². The van der Waals surface area contributed by atoms with Crippen LogP contribution in [0.25, 0.3) is 0 Å². The minimum absolute atomic E-state index is 0.0368. The van der Waals surface area contributed by atoms with Gasteiger partial charge < -0.3 is 10.2 Å². The molecule has 0 heterocycles. The summed E-state index contributed by atoms with van der Waals surface area (Å²) in [4.78, 5) is 14.3. The number of benzene rings is 2. The zero-order valence-corrected chi connectivity index (χ0v) is 12.8. The molecule has 2 aromatic rings. The summed E-state index contributed by atoms with van der Waals surface area (Å²) in [5.41, 5.74) is 3.04. The summed E-state index contributed by atoms with van der Waals surface area (Å²) in [7, 11) is 5.78. The SMILES string of the molecule is CNC(=O)c1ccccc1C(CN(C)C)c1ccccc1. The quantitative estimate of drug-likeness (QED) is 0.914. The summed E-state index contributed by atoms with van der Waals surface area (Å²) in [6, 6.07) is 18.2. The van der Waals surface area contributed by atoms with Gasteiger partial charge in [0.15, 0.2) is 0 Å². The molecule has 0 fully saturated rings. The molecule has 110 valence electrons. The smallest absolute Gasteiger partial charge is 0.251 e. The van der Waals surface area contributed by atoms with E-state index in [-0.39, 0.29) is 11.8 Å². The molecule has 1 N–H and O–H groups in total. The first-order chi connectivity index (χ1) is 10.1. The van der Waals surface area contributed by atoms with Crippen LogP contribution in [0.5, 0.6) is 0 Å². The Morgan fingerprint density at radius 3 is 2.29 bits per heavy atom. The Bertz CT molecular complexity index is 593. The van der Waals surface area contributed by atoms with Crippen molar-refractivity contribution in [3.63, 3.8) is 0 Å². The van der Waals surface area contributed by atoms with Crippen LogP contribution in [0, 0.1) is 0 Å². The third kappa shape index (κ3) is 3.70. The monoisotopic (exact) mass is 282 g/mol. The Morgan fingerprint density at radius 2 is 1.67 bits per heavy atom. The summed E-state index contributed by atoms with van der Waals surface area (Å²) >= 11 is 0. The summed E-state index contributed by atoms with van der Waals surface area (Å²) in [6.07, 6.45) is 0. The lowest BCUT2D eigenvalue weighted by Crippen LogP contribution is -2.25. The summed E-state index contributed by atoms with van der Waals surface area (Å²) < 4.78 is 0. The van der Waals surface area contributed by atoms with Gasteiger partial charge in [-0.3, -0.25) is 4.79 Å². The van der Waals surface area contributed by atoms with Crippen molar-refractivity contribution >= 4 is 5.91 Å². The molecule has 0 saturated carbocycles. The van der Waals surface area contributed by atoms with Crippen molar-refractivity contribution in [1.82, 2.24) is 10.2 Å². The van der Waals surface area contributed by atoms with Gasteiger partial charge in [0.1, 0.15) is 0 Å². The molecule has 3 nitrogen and oxygen atoms in total. The predicted octanol–water partition coefficient (Wildman–Crippen LogP) is 2.74. The van der Waals surface area contributed by atoms with Crippen LogP contribution in [0.15, 0.2) is 54.6 Å². The van der Waals surface area contributed by atoms with Crippen molar-refractivity contribution in [2.75, 3.05) is 27.7 Å². The van der Waals surface area contributed by atoms with E-state index in [1.54, 1.807) is 7.05 Å². The van der Waals surface area contributed by atoms with Crippen LogP contribution in [-0.2, 0) is 0 Å². The number of hydrogen-bond acceptors (Lipinski definition) is 2. The summed E-state index contributed by atoms with van der Waals surface area (Å²) in [5, 5.41) is 2.73. The maximum absolute atomic E-state index is 12.1. The standard InChI is InChI=1S/C18H22N2O/c1-19-18(21)16-12-8-7-11-15(16)17(13-20(2)3)14-9-5-4-6-10-14/h4-12,17H,13H2,1-3H3,(H,19,21). The van der Waals surface area contributed by atoms with Crippen molar-refractivity contribution < 1.29 is 4.79 Å². The molecule has 2 aromatic carbocycles. The van der Waals surface area contributed by atoms with Crippen molar-refractivity contribution in [2.24, 2.45) is 0 Å². The van der Waals surface area contributed by atoms with Gasteiger partial charge >= 0.3 is 0 Å². The molecule has 0 aromatic heterocycles. The largest absolute Gasteiger partial charge is 0.355 e. The summed E-state index contributed by atoms with van der Waals surface area (Å²) in [6.45, 7) is 0.859. The molecule has 1 unspecified atom stereocenters. The Kier molecular flexibility index (Phi) is 5.12. The van der Waals surface area contributed by atoms with E-state index in [2.05, 4.69) is 36.4 Å². The van der Waals surface area contributed by atoms with E-state index in [1.807, 2.05) is 42.5 Å². The normalized spacial score (nSPS) is 12.2. The maximum atomic E-state index is 12.1. The predicted molar refractivity (Wildman–Crippen MR) is 86.7 cm³/mol. The van der Waals surface area contributed by atoms with E-state index < -0.39 is 0 Å². The molecule has 21 heavy (non-hydrogen) atoms. The third-order valence-electron chi connectivity index (χ3n) is 3.56. The van der Waals surface area contributed by atoms with Gasteiger partial charge in [-0.25, -0.2) is 0 Å². The fourth-order valence-electron chi connectivity index (χ4n) is 2.58. The zero-order valence-electron chi connectivity index (χ0n) is 12.8. The lowest BCUT2D eigenvalue weighted by atomic mass is 9.87. The van der Waals surface area contributed by atoms with Crippen LogP contribution in [0.2, 0.25) is 0 Å². The first-order valence-electron chi connectivity index (χ1n) is 7.14. The first-order valence-corrected chi connectivity index (χ1v) is 7.14. The van der Waals surface area contributed by atoms with E-state index >= 15 is 0 Å². The molecule has 0 bridgehead atoms. The highest BCUT2D eigenvalue weighted by Gasteiger charge is 2.20. The van der Waals surface area contributed by atoms with E-state index in [1.165, 1.54) is 5.56 Å². The number of nitrogens with one attached hydrogen (secondary N) is 1. The number of carbonyl (C=O) groups excluding carboxylic acids is 1. The molecule has 0 aliphatic heterocycles. The molecular formula is C18H22N2O. The molecule has 0 aliphatic carbocycles. The van der Waals surface area contributed by atoms with Crippen molar-refractivity contribution in [2.45, 2.75) is 5.92 Å². The molecule has 0 aliphatic rings. The van der Waals surface area contributed by atoms with Crippen LogP contribution < -0.4 is 5.32 Å². The average Bonchev–Trinajstić information content (AvgIpc) is 2.52. The number of rotatable bonds is 5. The molecule has 2 rings (SSSR count). The molecule has 0 radical (unpaired) electrons. The highest BCUT2D eigenvalue weighted by atomic mass is 16.1. The van der Waals surface area contributed by atoms with Gasteiger partial charge in [-0.15, -0.1) is 0 Å². The van der Waals surface area contributed by atoms with Gasteiger partial charge in [-0.05, 0) is 31.3 Å². The number of hydrogen-bond donors (Lipinski definition) is 1. The highest BCUT2D eigenvalue weighted by molar-refractivity contribution is 5.95. The number of amides is 1. The van der Waals surface area contributed by atoms with Crippen LogP contribution >= 0.6 is 0 Å². The van der Waals surface area contributed by atoms with Gasteiger partial charge in [-0.2, -0.15) is 0 Å². The van der Waals surface area contributed by atoms with Gasteiger partial charge in [0.05, 0.1) is 0 Å². The Morgan fingerprint density at radius 1 is 1.05 bits per heavy atom. The van der Waals surface area contributed by atoms with Gasteiger partial charge in [0.25, 0.3) is 5.91 Å². The molecule has 0 saturated heterocycles. The van der Waals surface area contributed by atoms with Crippen molar-refractivity contribution in [1.29, 1.82) is 0 Å². The van der Waals surface area contributed by atoms with Crippen molar-refractivity contribution in [3.05, 3.63) is 71.3 Å². The van der Waals surface area contributed by atoms with Crippen LogP contribution in [0.1, 0.15) is 27.4 Å². The maximum Gasteiger partial charge on any atom is 0.251 e. The van der Waals surface area contributed by atoms with Crippen molar-refractivity contribution in [3.8, 4) is 0 Å². The average molecular weight is 282 g/mol. The lowest BCUT2D eigenvalue weighted by Gasteiger charge is -2.24. The fraction of sp³-hybridized carbons (Fsp3) is 0.278. The highest BCUT2D eigenvalue weighted by Crippen LogP contribution is 2.28. The van der Waals surface area contributed by atoms with E-state index in [9.17, 15) is 4.79 Å². The van der Waals surface area contributed by atoms with Gasteiger partial charge in [0.2, 0.25) is 0 Å². The minimum Gasteiger partial charge on any atom is -0.355 e.